The third-order valence-corrected chi connectivity index (χ3v) is 4.71. The van der Waals surface area contributed by atoms with E-state index in [1.54, 1.807) is 30.3 Å². The molecule has 0 saturated heterocycles. The Labute approximate surface area is 144 Å². The molecule has 0 aliphatic carbocycles. The maximum Gasteiger partial charge on any atom is 0.251 e. The first kappa shape index (κ1) is 15.6. The zero-order chi connectivity index (χ0) is 17.4. The molecule has 4 rings (SSSR count). The van der Waals surface area contributed by atoms with Crippen molar-refractivity contribution >= 4 is 11.8 Å². The number of ether oxygens (including phenoxy) is 1. The monoisotopic (exact) mass is 340 g/mol. The SMILES string of the molecule is O=C1NCC(C(=O)NC2CCOc3c(F)cccc32)c2ccccc21. The number of amides is 2. The summed E-state index contributed by atoms with van der Waals surface area (Å²) in [5, 5.41) is 5.74. The van der Waals surface area contributed by atoms with Crippen LogP contribution in [-0.4, -0.2) is 25.0 Å². The minimum Gasteiger partial charge on any atom is -0.490 e. The van der Waals surface area contributed by atoms with E-state index in [-0.39, 0.29) is 30.2 Å². The standard InChI is InChI=1S/C19H17FN2O3/c20-15-7-3-6-13-16(8-9-25-17(13)15)22-19(24)14-10-21-18(23)12-5-2-1-4-11(12)14/h1-7,14,16H,8-10H2,(H,21,23)(H,22,24). The van der Waals surface area contributed by atoms with Crippen LogP contribution in [0, 0.1) is 5.82 Å². The van der Waals surface area contributed by atoms with Crippen molar-refractivity contribution in [1.29, 1.82) is 0 Å². The topological polar surface area (TPSA) is 67.4 Å². The highest BCUT2D eigenvalue weighted by Gasteiger charge is 2.33. The molecule has 2 aliphatic heterocycles. The van der Waals surface area contributed by atoms with Crippen molar-refractivity contribution in [2.75, 3.05) is 13.2 Å². The van der Waals surface area contributed by atoms with Gasteiger partial charge in [0.1, 0.15) is 0 Å². The van der Waals surface area contributed by atoms with Crippen LogP contribution in [-0.2, 0) is 4.79 Å². The maximum absolute atomic E-state index is 13.9. The molecule has 2 amide bonds. The molecule has 2 heterocycles. The van der Waals surface area contributed by atoms with Crippen molar-refractivity contribution in [2.24, 2.45) is 0 Å². The fraction of sp³-hybridized carbons (Fsp3) is 0.263. The van der Waals surface area contributed by atoms with Gasteiger partial charge in [0, 0.05) is 24.1 Å². The summed E-state index contributed by atoms with van der Waals surface area (Å²) in [7, 11) is 0. The molecule has 0 radical (unpaired) electrons. The van der Waals surface area contributed by atoms with Crippen LogP contribution in [0.5, 0.6) is 5.75 Å². The normalized spacial score (nSPS) is 21.4. The van der Waals surface area contributed by atoms with Crippen LogP contribution in [0.3, 0.4) is 0 Å². The van der Waals surface area contributed by atoms with Crippen molar-refractivity contribution < 1.29 is 18.7 Å². The number of rotatable bonds is 2. The molecule has 2 atom stereocenters. The molecule has 0 bridgehead atoms. The van der Waals surface area contributed by atoms with Gasteiger partial charge in [0.25, 0.3) is 5.91 Å². The number of hydrogen-bond donors (Lipinski definition) is 2. The third kappa shape index (κ3) is 2.73. The van der Waals surface area contributed by atoms with Gasteiger partial charge in [0.15, 0.2) is 11.6 Å². The Balaban J connectivity index is 1.59. The van der Waals surface area contributed by atoms with E-state index >= 15 is 0 Å². The summed E-state index contributed by atoms with van der Waals surface area (Å²) in [5.74, 6) is -1.04. The lowest BCUT2D eigenvalue weighted by atomic mass is 9.89. The summed E-state index contributed by atoms with van der Waals surface area (Å²) in [5.41, 5.74) is 1.88. The van der Waals surface area contributed by atoms with E-state index in [1.807, 2.05) is 6.07 Å². The van der Waals surface area contributed by atoms with Gasteiger partial charge in [-0.25, -0.2) is 4.39 Å². The van der Waals surface area contributed by atoms with Gasteiger partial charge in [-0.1, -0.05) is 30.3 Å². The van der Waals surface area contributed by atoms with E-state index in [1.165, 1.54) is 6.07 Å². The molecule has 0 spiro atoms. The van der Waals surface area contributed by atoms with Gasteiger partial charge in [0.2, 0.25) is 5.91 Å². The quantitative estimate of drug-likeness (QED) is 0.881. The Kier molecular flexibility index (Phi) is 3.87. The lowest BCUT2D eigenvalue weighted by Gasteiger charge is -2.30. The van der Waals surface area contributed by atoms with Crippen LogP contribution >= 0.6 is 0 Å². The molecular weight excluding hydrogens is 323 g/mol. The molecule has 2 unspecified atom stereocenters. The van der Waals surface area contributed by atoms with Gasteiger partial charge in [0.05, 0.1) is 18.6 Å². The first-order chi connectivity index (χ1) is 12.1. The molecule has 2 N–H and O–H groups in total. The first-order valence-corrected chi connectivity index (χ1v) is 8.24. The highest BCUT2D eigenvalue weighted by Crippen LogP contribution is 2.34. The number of carbonyl (C=O) groups is 2. The number of benzene rings is 2. The third-order valence-electron chi connectivity index (χ3n) is 4.71. The molecule has 128 valence electrons. The largest absolute Gasteiger partial charge is 0.490 e. The number of nitrogens with one attached hydrogen (secondary N) is 2. The Morgan fingerprint density at radius 3 is 2.84 bits per heavy atom. The molecule has 6 heteroatoms. The lowest BCUT2D eigenvalue weighted by molar-refractivity contribution is -0.123. The van der Waals surface area contributed by atoms with E-state index in [2.05, 4.69) is 10.6 Å². The van der Waals surface area contributed by atoms with Crippen LogP contribution in [0.2, 0.25) is 0 Å². The summed E-state index contributed by atoms with van der Waals surface area (Å²) in [6.07, 6.45) is 0.572. The number of halogens is 1. The smallest absolute Gasteiger partial charge is 0.251 e. The molecule has 2 aromatic rings. The summed E-state index contributed by atoms with van der Waals surface area (Å²) < 4.78 is 19.3. The fourth-order valence-electron chi connectivity index (χ4n) is 3.45. The molecule has 2 aliphatic rings. The van der Waals surface area contributed by atoms with Gasteiger partial charge in [-0.3, -0.25) is 9.59 Å². The van der Waals surface area contributed by atoms with Crippen molar-refractivity contribution in [1.82, 2.24) is 10.6 Å². The number of hydrogen-bond acceptors (Lipinski definition) is 3. The minimum absolute atomic E-state index is 0.168. The molecule has 2 aromatic carbocycles. The average Bonchev–Trinajstić information content (AvgIpc) is 2.63. The van der Waals surface area contributed by atoms with Gasteiger partial charge in [-0.2, -0.15) is 0 Å². The van der Waals surface area contributed by atoms with Crippen molar-refractivity contribution in [2.45, 2.75) is 18.4 Å². The van der Waals surface area contributed by atoms with Crippen LogP contribution in [0.15, 0.2) is 42.5 Å². The number of para-hydroxylation sites is 1. The van der Waals surface area contributed by atoms with Gasteiger partial charge in [-0.05, 0) is 17.7 Å². The minimum atomic E-state index is -0.464. The summed E-state index contributed by atoms with van der Waals surface area (Å²) >= 11 is 0. The maximum atomic E-state index is 13.9. The Bertz CT molecular complexity index is 852. The zero-order valence-electron chi connectivity index (χ0n) is 13.4. The van der Waals surface area contributed by atoms with Gasteiger partial charge >= 0.3 is 0 Å². The Hall–Kier alpha value is -2.89. The van der Waals surface area contributed by atoms with Gasteiger partial charge in [-0.15, -0.1) is 0 Å². The second kappa shape index (κ2) is 6.20. The molecular formula is C19H17FN2O3. The van der Waals surface area contributed by atoms with Crippen LogP contribution in [0.25, 0.3) is 0 Å². The van der Waals surface area contributed by atoms with Gasteiger partial charge < -0.3 is 15.4 Å². The molecule has 0 saturated carbocycles. The van der Waals surface area contributed by atoms with Crippen molar-refractivity contribution in [3.05, 3.63) is 65.0 Å². The van der Waals surface area contributed by atoms with Crippen molar-refractivity contribution in [3.63, 3.8) is 0 Å². The Morgan fingerprint density at radius 1 is 1.16 bits per heavy atom. The highest BCUT2D eigenvalue weighted by molar-refractivity contribution is 6.00. The summed E-state index contributed by atoms with van der Waals surface area (Å²) in [6, 6.07) is 11.5. The lowest BCUT2D eigenvalue weighted by Crippen LogP contribution is -2.43. The number of carbonyl (C=O) groups excluding carboxylic acids is 2. The second-order valence-electron chi connectivity index (χ2n) is 6.21. The van der Waals surface area contributed by atoms with Crippen molar-refractivity contribution in [3.8, 4) is 5.75 Å². The molecule has 5 nitrogen and oxygen atoms in total. The van der Waals surface area contributed by atoms with E-state index < -0.39 is 11.7 Å². The Morgan fingerprint density at radius 2 is 1.96 bits per heavy atom. The first-order valence-electron chi connectivity index (χ1n) is 8.24. The molecule has 25 heavy (non-hydrogen) atoms. The molecule has 0 fully saturated rings. The predicted octanol–water partition coefficient (Wildman–Crippen LogP) is 2.29. The van der Waals surface area contributed by atoms with Crippen LogP contribution < -0.4 is 15.4 Å². The van der Waals surface area contributed by atoms with E-state index in [4.69, 9.17) is 4.74 Å². The second-order valence-corrected chi connectivity index (χ2v) is 6.21. The predicted molar refractivity (Wildman–Crippen MR) is 88.9 cm³/mol. The van der Waals surface area contributed by atoms with E-state index in [0.29, 0.717) is 24.2 Å². The number of fused-ring (bicyclic) bond motifs is 2. The van der Waals surface area contributed by atoms with Crippen LogP contribution in [0.1, 0.15) is 39.9 Å². The summed E-state index contributed by atoms with van der Waals surface area (Å²) in [6.45, 7) is 0.595. The average molecular weight is 340 g/mol. The van der Waals surface area contributed by atoms with E-state index in [9.17, 15) is 14.0 Å². The zero-order valence-corrected chi connectivity index (χ0v) is 13.4. The molecule has 0 aromatic heterocycles. The highest BCUT2D eigenvalue weighted by atomic mass is 19.1. The summed E-state index contributed by atoms with van der Waals surface area (Å²) in [4.78, 5) is 24.8. The van der Waals surface area contributed by atoms with Crippen LogP contribution in [0.4, 0.5) is 4.39 Å². The fourth-order valence-corrected chi connectivity index (χ4v) is 3.45. The van der Waals surface area contributed by atoms with E-state index in [0.717, 1.165) is 5.56 Å².